The van der Waals surface area contributed by atoms with Gasteiger partial charge >= 0.3 is 0 Å². The van der Waals surface area contributed by atoms with Crippen molar-refractivity contribution < 1.29 is 0 Å². The van der Waals surface area contributed by atoms with E-state index in [4.69, 9.17) is 22.2 Å². The Balaban J connectivity index is 1.65. The molecule has 0 aromatic carbocycles. The Bertz CT molecular complexity index is 293. The molecule has 0 radical (unpaired) electrons. The SMILES string of the molecule is Cl[Si](Cl)(CCC1CC=CCC1)CCC1CC=CCC1. The Morgan fingerprint density at radius 1 is 0.789 bits per heavy atom. The summed E-state index contributed by atoms with van der Waals surface area (Å²) in [5, 5.41) is 0. The van der Waals surface area contributed by atoms with Crippen molar-refractivity contribution in [3.63, 3.8) is 0 Å². The first-order chi connectivity index (χ1) is 9.16. The van der Waals surface area contributed by atoms with E-state index in [-0.39, 0.29) is 0 Å². The van der Waals surface area contributed by atoms with Crippen LogP contribution in [-0.2, 0) is 0 Å². The number of hydrogen-bond donors (Lipinski definition) is 0. The van der Waals surface area contributed by atoms with Gasteiger partial charge in [0.2, 0.25) is 0 Å². The first kappa shape index (κ1) is 15.7. The second kappa shape index (κ2) is 7.90. The Morgan fingerprint density at radius 3 is 1.63 bits per heavy atom. The van der Waals surface area contributed by atoms with Crippen molar-refractivity contribution in [1.29, 1.82) is 0 Å². The second-order valence-electron chi connectivity index (χ2n) is 6.23. The third-order valence-corrected chi connectivity index (χ3v) is 8.90. The van der Waals surface area contributed by atoms with Gasteiger partial charge in [0.1, 0.15) is 0 Å². The van der Waals surface area contributed by atoms with Crippen LogP contribution in [0.15, 0.2) is 24.3 Å². The molecule has 2 rings (SSSR count). The highest BCUT2D eigenvalue weighted by molar-refractivity contribution is 7.45. The number of allylic oxidation sites excluding steroid dienone is 4. The highest BCUT2D eigenvalue weighted by Crippen LogP contribution is 2.35. The predicted octanol–water partition coefficient (Wildman–Crippen LogP) is 6.40. The van der Waals surface area contributed by atoms with Crippen LogP contribution in [0.5, 0.6) is 0 Å². The molecule has 0 fully saturated rings. The standard InChI is InChI=1S/C16H26Cl2Si/c17-19(18,13-11-15-7-3-1-4-8-15)14-12-16-9-5-2-6-10-16/h1-3,5,15-16H,4,6-14H2. The molecule has 0 aromatic heterocycles. The van der Waals surface area contributed by atoms with Gasteiger partial charge in [-0.2, -0.15) is 0 Å². The quantitative estimate of drug-likeness (QED) is 0.302. The molecule has 2 aliphatic rings. The zero-order valence-corrected chi connectivity index (χ0v) is 14.3. The molecule has 108 valence electrons. The van der Waals surface area contributed by atoms with E-state index < -0.39 is 6.69 Å². The van der Waals surface area contributed by atoms with E-state index in [1.165, 1.54) is 51.4 Å². The molecule has 0 saturated heterocycles. The van der Waals surface area contributed by atoms with Gasteiger partial charge in [-0.25, -0.2) is 0 Å². The van der Waals surface area contributed by atoms with Crippen LogP contribution in [0.1, 0.15) is 51.4 Å². The lowest BCUT2D eigenvalue weighted by atomic mass is 9.92. The molecule has 2 aliphatic carbocycles. The average molecular weight is 317 g/mol. The molecule has 0 heterocycles. The normalized spacial score (nSPS) is 27.7. The Kier molecular flexibility index (Phi) is 6.51. The molecular weight excluding hydrogens is 291 g/mol. The molecule has 0 nitrogen and oxygen atoms in total. The van der Waals surface area contributed by atoms with Gasteiger partial charge in [-0.3, -0.25) is 0 Å². The lowest BCUT2D eigenvalue weighted by molar-refractivity contribution is 0.456. The van der Waals surface area contributed by atoms with Crippen molar-refractivity contribution in [3.8, 4) is 0 Å². The smallest absolute Gasteiger partial charge is 0.146 e. The molecule has 0 spiro atoms. The summed E-state index contributed by atoms with van der Waals surface area (Å²) in [5.74, 6) is 1.68. The van der Waals surface area contributed by atoms with Gasteiger partial charge in [-0.15, -0.1) is 22.2 Å². The lowest BCUT2D eigenvalue weighted by Gasteiger charge is -2.24. The molecular formula is C16H26Cl2Si. The van der Waals surface area contributed by atoms with Crippen molar-refractivity contribution in [2.24, 2.45) is 11.8 Å². The van der Waals surface area contributed by atoms with Gasteiger partial charge in [0.15, 0.2) is 0 Å². The van der Waals surface area contributed by atoms with E-state index in [1.807, 2.05) is 0 Å². The van der Waals surface area contributed by atoms with Crippen molar-refractivity contribution in [1.82, 2.24) is 0 Å². The minimum absolute atomic E-state index is 0.840. The molecule has 2 atom stereocenters. The minimum Gasteiger partial charge on any atom is -0.146 e. The Morgan fingerprint density at radius 2 is 1.26 bits per heavy atom. The lowest BCUT2D eigenvalue weighted by Crippen LogP contribution is -2.22. The van der Waals surface area contributed by atoms with Gasteiger partial charge in [0.05, 0.1) is 0 Å². The third kappa shape index (κ3) is 6.06. The summed E-state index contributed by atoms with van der Waals surface area (Å²) in [7, 11) is 0. The molecule has 0 saturated carbocycles. The van der Waals surface area contributed by atoms with Crippen molar-refractivity contribution in [2.75, 3.05) is 0 Å². The molecule has 0 aromatic rings. The first-order valence-corrected chi connectivity index (χ1v) is 12.3. The largest absolute Gasteiger partial charge is 0.251 e. The molecule has 0 amide bonds. The highest BCUT2D eigenvalue weighted by atomic mass is 35.7. The van der Waals surface area contributed by atoms with Crippen molar-refractivity contribution in [2.45, 2.75) is 63.5 Å². The summed E-state index contributed by atoms with van der Waals surface area (Å²) in [6.07, 6.45) is 19.4. The van der Waals surface area contributed by atoms with E-state index in [1.54, 1.807) is 0 Å². The summed E-state index contributed by atoms with van der Waals surface area (Å²) in [5.41, 5.74) is 0. The van der Waals surface area contributed by atoms with Crippen LogP contribution in [0.25, 0.3) is 0 Å². The average Bonchev–Trinajstić information content (AvgIpc) is 2.46. The maximum absolute atomic E-state index is 6.64. The summed E-state index contributed by atoms with van der Waals surface area (Å²) in [4.78, 5) is 0. The summed E-state index contributed by atoms with van der Waals surface area (Å²) < 4.78 is 0. The Labute approximate surface area is 128 Å². The summed E-state index contributed by atoms with van der Waals surface area (Å²) >= 11 is 13.3. The fraction of sp³-hybridized carbons (Fsp3) is 0.750. The van der Waals surface area contributed by atoms with Gasteiger partial charge in [-0.05, 0) is 62.4 Å². The maximum atomic E-state index is 6.64. The Hall–Kier alpha value is 0.277. The van der Waals surface area contributed by atoms with Crippen LogP contribution < -0.4 is 0 Å². The van der Waals surface area contributed by atoms with E-state index >= 15 is 0 Å². The minimum atomic E-state index is -1.98. The highest BCUT2D eigenvalue weighted by Gasteiger charge is 2.30. The van der Waals surface area contributed by atoms with Crippen LogP contribution >= 0.6 is 22.2 Å². The van der Waals surface area contributed by atoms with E-state index in [9.17, 15) is 0 Å². The second-order valence-corrected chi connectivity index (χ2v) is 13.9. The van der Waals surface area contributed by atoms with Crippen molar-refractivity contribution >= 4 is 28.9 Å². The number of hydrogen-bond acceptors (Lipinski definition) is 0. The van der Waals surface area contributed by atoms with Crippen LogP contribution in [0.4, 0.5) is 0 Å². The third-order valence-electron chi connectivity index (χ3n) is 4.59. The molecule has 3 heteroatoms. The summed E-state index contributed by atoms with van der Waals surface area (Å²) in [6.45, 7) is -1.98. The predicted molar refractivity (Wildman–Crippen MR) is 89.3 cm³/mol. The zero-order valence-electron chi connectivity index (χ0n) is 11.8. The first-order valence-electron chi connectivity index (χ1n) is 7.83. The molecule has 0 bridgehead atoms. The van der Waals surface area contributed by atoms with Gasteiger partial charge in [-0.1, -0.05) is 37.1 Å². The maximum Gasteiger partial charge on any atom is 0.251 e. The zero-order chi connectivity index (χ0) is 13.6. The summed E-state index contributed by atoms with van der Waals surface area (Å²) in [6, 6.07) is 2.19. The molecule has 0 N–H and O–H groups in total. The van der Waals surface area contributed by atoms with Gasteiger partial charge in [0, 0.05) is 0 Å². The van der Waals surface area contributed by atoms with E-state index in [2.05, 4.69) is 24.3 Å². The monoisotopic (exact) mass is 316 g/mol. The van der Waals surface area contributed by atoms with Gasteiger partial charge < -0.3 is 0 Å². The number of rotatable bonds is 6. The molecule has 19 heavy (non-hydrogen) atoms. The fourth-order valence-corrected chi connectivity index (χ4v) is 6.41. The van der Waals surface area contributed by atoms with E-state index in [0.29, 0.717) is 0 Å². The van der Waals surface area contributed by atoms with E-state index in [0.717, 1.165) is 23.9 Å². The van der Waals surface area contributed by atoms with Crippen LogP contribution in [-0.4, -0.2) is 6.69 Å². The topological polar surface area (TPSA) is 0 Å². The van der Waals surface area contributed by atoms with Gasteiger partial charge in [0.25, 0.3) is 6.69 Å². The fourth-order valence-electron chi connectivity index (χ4n) is 3.19. The number of halogens is 2. The van der Waals surface area contributed by atoms with Crippen molar-refractivity contribution in [3.05, 3.63) is 24.3 Å². The van der Waals surface area contributed by atoms with Crippen LogP contribution in [0, 0.1) is 11.8 Å². The molecule has 0 aliphatic heterocycles. The molecule has 2 unspecified atom stereocenters. The van der Waals surface area contributed by atoms with Crippen LogP contribution in [0.3, 0.4) is 0 Å². The van der Waals surface area contributed by atoms with Crippen LogP contribution in [0.2, 0.25) is 12.1 Å².